The van der Waals surface area contributed by atoms with Crippen molar-refractivity contribution >= 4 is 35.0 Å². The minimum absolute atomic E-state index is 0.165. The highest BCUT2D eigenvalue weighted by Gasteiger charge is 2.07. The molecule has 0 radical (unpaired) electrons. The first-order valence-corrected chi connectivity index (χ1v) is 7.99. The fourth-order valence-corrected chi connectivity index (χ4v) is 2.61. The van der Waals surface area contributed by atoms with Gasteiger partial charge in [-0.2, -0.15) is 0 Å². The minimum Gasteiger partial charge on any atom is -0.326 e. The van der Waals surface area contributed by atoms with Crippen molar-refractivity contribution in [3.63, 3.8) is 0 Å². The summed E-state index contributed by atoms with van der Waals surface area (Å²) in [5.41, 5.74) is 1.85. The van der Waals surface area contributed by atoms with E-state index in [9.17, 15) is 9.59 Å². The standard InChI is InChI=1S/C17H18N2O2S/c1-3-22-16-9-7-14(8-10-16)19-17(21)13-5-4-6-15(11-13)18-12(2)20/h4-11H,3H2,1-2H3,(H,18,20)(H,19,21). The number of nitrogens with one attached hydrogen (secondary N) is 2. The number of hydrogen-bond donors (Lipinski definition) is 2. The van der Waals surface area contributed by atoms with Gasteiger partial charge in [0.05, 0.1) is 0 Å². The molecule has 0 fully saturated rings. The molecule has 4 nitrogen and oxygen atoms in total. The molecule has 2 aromatic rings. The number of hydrogen-bond acceptors (Lipinski definition) is 3. The van der Waals surface area contributed by atoms with E-state index >= 15 is 0 Å². The topological polar surface area (TPSA) is 58.2 Å². The van der Waals surface area contributed by atoms with Crippen LogP contribution in [0.1, 0.15) is 24.2 Å². The van der Waals surface area contributed by atoms with Gasteiger partial charge < -0.3 is 10.6 Å². The summed E-state index contributed by atoms with van der Waals surface area (Å²) < 4.78 is 0. The number of anilines is 2. The molecular formula is C17H18N2O2S. The van der Waals surface area contributed by atoms with Crippen LogP contribution in [-0.4, -0.2) is 17.6 Å². The van der Waals surface area contributed by atoms with Crippen LogP contribution in [0.4, 0.5) is 11.4 Å². The van der Waals surface area contributed by atoms with Crippen LogP contribution < -0.4 is 10.6 Å². The van der Waals surface area contributed by atoms with Gasteiger partial charge in [-0.25, -0.2) is 0 Å². The Bertz CT molecular complexity index is 669. The molecule has 114 valence electrons. The second-order valence-electron chi connectivity index (χ2n) is 4.67. The van der Waals surface area contributed by atoms with Crippen LogP contribution in [0.25, 0.3) is 0 Å². The third-order valence-corrected chi connectivity index (χ3v) is 3.76. The Labute approximate surface area is 134 Å². The zero-order valence-electron chi connectivity index (χ0n) is 12.6. The highest BCUT2D eigenvalue weighted by atomic mass is 32.2. The Morgan fingerprint density at radius 3 is 2.36 bits per heavy atom. The Morgan fingerprint density at radius 1 is 1.00 bits per heavy atom. The highest BCUT2D eigenvalue weighted by Crippen LogP contribution is 2.20. The lowest BCUT2D eigenvalue weighted by molar-refractivity contribution is -0.114. The van der Waals surface area contributed by atoms with Gasteiger partial charge in [0.25, 0.3) is 5.91 Å². The fraction of sp³-hybridized carbons (Fsp3) is 0.176. The predicted molar refractivity (Wildman–Crippen MR) is 91.5 cm³/mol. The van der Waals surface area contributed by atoms with Crippen molar-refractivity contribution < 1.29 is 9.59 Å². The molecular weight excluding hydrogens is 296 g/mol. The van der Waals surface area contributed by atoms with Crippen LogP contribution in [0, 0.1) is 0 Å². The number of amides is 2. The van der Waals surface area contributed by atoms with Gasteiger partial charge in [-0.3, -0.25) is 9.59 Å². The first-order chi connectivity index (χ1) is 10.6. The van der Waals surface area contributed by atoms with Crippen molar-refractivity contribution in [3.8, 4) is 0 Å². The van der Waals surface area contributed by atoms with Crippen LogP contribution in [0.3, 0.4) is 0 Å². The van der Waals surface area contributed by atoms with Gasteiger partial charge >= 0.3 is 0 Å². The molecule has 0 aliphatic rings. The van der Waals surface area contributed by atoms with Crippen molar-refractivity contribution in [2.75, 3.05) is 16.4 Å². The van der Waals surface area contributed by atoms with Crippen LogP contribution in [0.5, 0.6) is 0 Å². The third-order valence-electron chi connectivity index (χ3n) is 2.87. The predicted octanol–water partition coefficient (Wildman–Crippen LogP) is 4.01. The van der Waals surface area contributed by atoms with E-state index in [1.54, 1.807) is 36.0 Å². The molecule has 0 saturated carbocycles. The normalized spacial score (nSPS) is 10.1. The highest BCUT2D eigenvalue weighted by molar-refractivity contribution is 7.99. The Balaban J connectivity index is 2.06. The molecule has 0 saturated heterocycles. The number of rotatable bonds is 5. The largest absolute Gasteiger partial charge is 0.326 e. The van der Waals surface area contributed by atoms with Gasteiger partial charge in [-0.05, 0) is 48.2 Å². The summed E-state index contributed by atoms with van der Waals surface area (Å²) in [6.45, 7) is 3.53. The molecule has 0 aliphatic heterocycles. The number of benzene rings is 2. The van der Waals surface area contributed by atoms with E-state index in [1.807, 2.05) is 24.3 Å². The maximum absolute atomic E-state index is 12.2. The summed E-state index contributed by atoms with van der Waals surface area (Å²) in [5, 5.41) is 5.51. The van der Waals surface area contributed by atoms with E-state index in [1.165, 1.54) is 11.8 Å². The quantitative estimate of drug-likeness (QED) is 0.820. The van der Waals surface area contributed by atoms with E-state index in [0.29, 0.717) is 11.3 Å². The molecule has 0 heterocycles. The summed E-state index contributed by atoms with van der Waals surface area (Å²) in [4.78, 5) is 24.5. The molecule has 22 heavy (non-hydrogen) atoms. The van der Waals surface area contributed by atoms with E-state index in [0.717, 1.165) is 11.4 Å². The molecule has 0 spiro atoms. The first-order valence-electron chi connectivity index (χ1n) is 7.00. The smallest absolute Gasteiger partial charge is 0.255 e. The second-order valence-corrected chi connectivity index (χ2v) is 6.01. The van der Waals surface area contributed by atoms with Crippen molar-refractivity contribution in [3.05, 3.63) is 54.1 Å². The summed E-state index contributed by atoms with van der Waals surface area (Å²) in [7, 11) is 0. The van der Waals surface area contributed by atoms with E-state index in [4.69, 9.17) is 0 Å². The average Bonchev–Trinajstić information content (AvgIpc) is 2.49. The van der Waals surface area contributed by atoms with Crippen molar-refractivity contribution in [1.82, 2.24) is 0 Å². The average molecular weight is 314 g/mol. The van der Waals surface area contributed by atoms with E-state index in [2.05, 4.69) is 17.6 Å². The Hall–Kier alpha value is -2.27. The zero-order chi connectivity index (χ0) is 15.9. The second kappa shape index (κ2) is 7.66. The van der Waals surface area contributed by atoms with Gasteiger partial charge in [0.15, 0.2) is 0 Å². The number of carbonyl (C=O) groups excluding carboxylic acids is 2. The summed E-state index contributed by atoms with van der Waals surface area (Å²) in [5.74, 6) is 0.645. The molecule has 2 N–H and O–H groups in total. The summed E-state index contributed by atoms with van der Waals surface area (Å²) >= 11 is 1.75. The van der Waals surface area contributed by atoms with Crippen molar-refractivity contribution in [1.29, 1.82) is 0 Å². The molecule has 2 amide bonds. The van der Waals surface area contributed by atoms with Gasteiger partial charge in [0.2, 0.25) is 5.91 Å². The van der Waals surface area contributed by atoms with E-state index < -0.39 is 0 Å². The van der Waals surface area contributed by atoms with Gasteiger partial charge in [-0.1, -0.05) is 13.0 Å². The summed E-state index contributed by atoms with van der Waals surface area (Å²) in [6.07, 6.45) is 0. The van der Waals surface area contributed by atoms with Gasteiger partial charge in [0, 0.05) is 28.8 Å². The molecule has 5 heteroatoms. The lowest BCUT2D eigenvalue weighted by Gasteiger charge is -2.08. The SMILES string of the molecule is CCSc1ccc(NC(=O)c2cccc(NC(C)=O)c2)cc1. The molecule has 0 bridgehead atoms. The lowest BCUT2D eigenvalue weighted by atomic mass is 10.2. The first kappa shape index (κ1) is 16.1. The Morgan fingerprint density at radius 2 is 1.73 bits per heavy atom. The van der Waals surface area contributed by atoms with Gasteiger partial charge in [-0.15, -0.1) is 11.8 Å². The van der Waals surface area contributed by atoms with Crippen LogP contribution in [0.2, 0.25) is 0 Å². The van der Waals surface area contributed by atoms with Crippen LogP contribution >= 0.6 is 11.8 Å². The maximum Gasteiger partial charge on any atom is 0.255 e. The maximum atomic E-state index is 12.2. The zero-order valence-corrected chi connectivity index (χ0v) is 13.4. The third kappa shape index (κ3) is 4.63. The fourth-order valence-electron chi connectivity index (χ4n) is 1.95. The molecule has 0 unspecified atom stereocenters. The van der Waals surface area contributed by atoms with E-state index in [-0.39, 0.29) is 11.8 Å². The van der Waals surface area contributed by atoms with Crippen LogP contribution in [0.15, 0.2) is 53.4 Å². The minimum atomic E-state index is -0.205. The monoisotopic (exact) mass is 314 g/mol. The molecule has 0 atom stereocenters. The molecule has 2 aromatic carbocycles. The lowest BCUT2D eigenvalue weighted by Crippen LogP contribution is -2.13. The van der Waals surface area contributed by atoms with Crippen molar-refractivity contribution in [2.45, 2.75) is 18.7 Å². The Kier molecular flexibility index (Phi) is 5.61. The summed E-state index contributed by atoms with van der Waals surface area (Å²) in [6, 6.07) is 14.6. The number of carbonyl (C=O) groups is 2. The van der Waals surface area contributed by atoms with Crippen molar-refractivity contribution in [2.24, 2.45) is 0 Å². The van der Waals surface area contributed by atoms with Crippen LogP contribution in [-0.2, 0) is 4.79 Å². The molecule has 0 aromatic heterocycles. The molecule has 0 aliphatic carbocycles. The van der Waals surface area contributed by atoms with Gasteiger partial charge in [0.1, 0.15) is 0 Å². The molecule has 2 rings (SSSR count). The number of thioether (sulfide) groups is 1.